The fourth-order valence-corrected chi connectivity index (χ4v) is 3.33. The molecule has 114 valence electrons. The largest absolute Gasteiger partial charge is 0.496 e. The van der Waals surface area contributed by atoms with E-state index < -0.39 is 0 Å². The molecule has 2 aliphatic rings. The number of para-hydroxylation sites is 1. The summed E-state index contributed by atoms with van der Waals surface area (Å²) < 4.78 is 5.45. The number of hydrogen-bond acceptors (Lipinski definition) is 3. The van der Waals surface area contributed by atoms with E-state index in [0.717, 1.165) is 38.3 Å². The molecule has 21 heavy (non-hydrogen) atoms. The topological polar surface area (TPSA) is 44.8 Å². The van der Waals surface area contributed by atoms with Crippen LogP contribution >= 0.6 is 0 Å². The SMILES string of the molecule is COc1ccccc1CN1CCCCC1N1CCNC1=O. The van der Waals surface area contributed by atoms with Gasteiger partial charge in [-0.05, 0) is 25.3 Å². The molecule has 2 aliphatic heterocycles. The second-order valence-electron chi connectivity index (χ2n) is 5.68. The molecule has 1 aromatic carbocycles. The quantitative estimate of drug-likeness (QED) is 0.922. The van der Waals surface area contributed by atoms with Gasteiger partial charge in [-0.25, -0.2) is 4.79 Å². The molecule has 0 radical (unpaired) electrons. The molecule has 1 atom stereocenters. The van der Waals surface area contributed by atoms with Gasteiger partial charge >= 0.3 is 6.03 Å². The van der Waals surface area contributed by atoms with Crippen molar-refractivity contribution in [1.82, 2.24) is 15.1 Å². The minimum atomic E-state index is 0.0759. The molecular weight excluding hydrogens is 266 g/mol. The van der Waals surface area contributed by atoms with Crippen molar-refractivity contribution in [2.24, 2.45) is 0 Å². The number of likely N-dealkylation sites (tertiary alicyclic amines) is 1. The van der Waals surface area contributed by atoms with E-state index in [2.05, 4.69) is 16.3 Å². The van der Waals surface area contributed by atoms with Crippen LogP contribution in [0.1, 0.15) is 24.8 Å². The number of carbonyl (C=O) groups excluding carboxylic acids is 1. The van der Waals surface area contributed by atoms with Crippen LogP contribution in [0.2, 0.25) is 0 Å². The fraction of sp³-hybridized carbons (Fsp3) is 0.562. The third-order valence-corrected chi connectivity index (χ3v) is 4.39. The Morgan fingerprint density at radius 3 is 2.90 bits per heavy atom. The number of methoxy groups -OCH3 is 1. The van der Waals surface area contributed by atoms with Gasteiger partial charge in [0.15, 0.2) is 0 Å². The van der Waals surface area contributed by atoms with Gasteiger partial charge in [0, 0.05) is 31.7 Å². The third-order valence-electron chi connectivity index (χ3n) is 4.39. The van der Waals surface area contributed by atoms with Gasteiger partial charge in [0.05, 0.1) is 13.3 Å². The molecule has 2 fully saturated rings. The first-order valence-electron chi connectivity index (χ1n) is 7.70. The summed E-state index contributed by atoms with van der Waals surface area (Å²) in [5.41, 5.74) is 1.19. The maximum absolute atomic E-state index is 12.0. The van der Waals surface area contributed by atoms with E-state index in [1.807, 2.05) is 23.1 Å². The van der Waals surface area contributed by atoms with Gasteiger partial charge in [0.2, 0.25) is 0 Å². The molecule has 3 rings (SSSR count). The lowest BCUT2D eigenvalue weighted by Gasteiger charge is -2.40. The molecule has 0 aliphatic carbocycles. The van der Waals surface area contributed by atoms with Crippen LogP contribution in [0, 0.1) is 0 Å². The summed E-state index contributed by atoms with van der Waals surface area (Å²) in [6, 6.07) is 8.21. The van der Waals surface area contributed by atoms with Gasteiger partial charge in [-0.2, -0.15) is 0 Å². The maximum atomic E-state index is 12.0. The molecule has 1 unspecified atom stereocenters. The summed E-state index contributed by atoms with van der Waals surface area (Å²) in [6.45, 7) is 3.44. The van der Waals surface area contributed by atoms with Crippen LogP contribution in [0.15, 0.2) is 24.3 Å². The average Bonchev–Trinajstić information content (AvgIpc) is 2.94. The molecule has 0 bridgehead atoms. The van der Waals surface area contributed by atoms with Gasteiger partial charge in [0.25, 0.3) is 0 Å². The highest BCUT2D eigenvalue weighted by Crippen LogP contribution is 2.26. The average molecular weight is 289 g/mol. The predicted molar refractivity (Wildman–Crippen MR) is 81.1 cm³/mol. The number of nitrogens with zero attached hydrogens (tertiary/aromatic N) is 2. The zero-order chi connectivity index (χ0) is 14.7. The van der Waals surface area contributed by atoms with Gasteiger partial charge in [0.1, 0.15) is 5.75 Å². The summed E-state index contributed by atoms with van der Waals surface area (Å²) in [5.74, 6) is 0.924. The van der Waals surface area contributed by atoms with Crippen LogP contribution in [-0.4, -0.2) is 48.7 Å². The first kappa shape index (κ1) is 14.2. The lowest BCUT2D eigenvalue weighted by molar-refractivity contribution is 0.0414. The van der Waals surface area contributed by atoms with Gasteiger partial charge < -0.3 is 15.0 Å². The van der Waals surface area contributed by atoms with Crippen molar-refractivity contribution in [1.29, 1.82) is 0 Å². The fourth-order valence-electron chi connectivity index (χ4n) is 3.33. The molecule has 1 N–H and O–H groups in total. The van der Waals surface area contributed by atoms with Crippen LogP contribution in [0.25, 0.3) is 0 Å². The lowest BCUT2D eigenvalue weighted by Crippen LogP contribution is -2.51. The van der Waals surface area contributed by atoms with E-state index >= 15 is 0 Å². The zero-order valence-corrected chi connectivity index (χ0v) is 12.5. The number of amides is 2. The Hall–Kier alpha value is -1.75. The summed E-state index contributed by atoms with van der Waals surface area (Å²) in [5, 5.41) is 2.91. The normalized spacial score (nSPS) is 23.2. The van der Waals surface area contributed by atoms with E-state index in [0.29, 0.717) is 0 Å². The smallest absolute Gasteiger partial charge is 0.318 e. The van der Waals surface area contributed by atoms with Crippen LogP contribution in [0.4, 0.5) is 4.79 Å². The Morgan fingerprint density at radius 2 is 2.14 bits per heavy atom. The lowest BCUT2D eigenvalue weighted by atomic mass is 10.0. The molecule has 0 spiro atoms. The minimum Gasteiger partial charge on any atom is -0.496 e. The van der Waals surface area contributed by atoms with Crippen molar-refractivity contribution >= 4 is 6.03 Å². The third kappa shape index (κ3) is 2.97. The van der Waals surface area contributed by atoms with E-state index in [1.165, 1.54) is 18.4 Å². The second kappa shape index (κ2) is 6.35. The van der Waals surface area contributed by atoms with Gasteiger partial charge in [-0.15, -0.1) is 0 Å². The van der Waals surface area contributed by atoms with E-state index in [4.69, 9.17) is 4.74 Å². The van der Waals surface area contributed by atoms with Crippen molar-refractivity contribution < 1.29 is 9.53 Å². The number of urea groups is 1. The molecule has 5 heteroatoms. The standard InChI is InChI=1S/C16H23N3O2/c1-21-14-7-3-2-6-13(14)12-18-10-5-4-8-15(18)19-11-9-17-16(19)20/h2-3,6-7,15H,4-5,8-12H2,1H3,(H,17,20). The Kier molecular flexibility index (Phi) is 4.29. The number of piperidine rings is 1. The number of benzene rings is 1. The Labute approximate surface area is 125 Å². The van der Waals surface area contributed by atoms with Crippen LogP contribution in [0.3, 0.4) is 0 Å². The van der Waals surface area contributed by atoms with Crippen molar-refractivity contribution in [3.63, 3.8) is 0 Å². The number of nitrogens with one attached hydrogen (secondary N) is 1. The second-order valence-corrected chi connectivity index (χ2v) is 5.68. The van der Waals surface area contributed by atoms with Crippen molar-refractivity contribution in [2.75, 3.05) is 26.7 Å². The molecule has 2 amide bonds. The molecular formula is C16H23N3O2. The van der Waals surface area contributed by atoms with Gasteiger partial charge in [-0.1, -0.05) is 18.2 Å². The summed E-state index contributed by atoms with van der Waals surface area (Å²) in [6.07, 6.45) is 3.66. The minimum absolute atomic E-state index is 0.0759. The van der Waals surface area contributed by atoms with Crippen LogP contribution in [0.5, 0.6) is 5.75 Å². The van der Waals surface area contributed by atoms with Crippen molar-refractivity contribution in [3.8, 4) is 5.75 Å². The zero-order valence-electron chi connectivity index (χ0n) is 12.5. The Balaban J connectivity index is 1.76. The van der Waals surface area contributed by atoms with Crippen molar-refractivity contribution in [3.05, 3.63) is 29.8 Å². The van der Waals surface area contributed by atoms with Crippen molar-refractivity contribution in [2.45, 2.75) is 32.0 Å². The first-order chi connectivity index (χ1) is 10.3. The number of rotatable bonds is 4. The molecule has 5 nitrogen and oxygen atoms in total. The maximum Gasteiger partial charge on any atom is 0.318 e. The van der Waals surface area contributed by atoms with E-state index in [1.54, 1.807) is 7.11 Å². The van der Waals surface area contributed by atoms with Crippen LogP contribution in [-0.2, 0) is 6.54 Å². The predicted octanol–water partition coefficient (Wildman–Crippen LogP) is 2.03. The highest BCUT2D eigenvalue weighted by atomic mass is 16.5. The Morgan fingerprint density at radius 1 is 1.29 bits per heavy atom. The van der Waals surface area contributed by atoms with E-state index in [9.17, 15) is 4.79 Å². The van der Waals surface area contributed by atoms with Crippen LogP contribution < -0.4 is 10.1 Å². The molecule has 1 aromatic rings. The monoisotopic (exact) mass is 289 g/mol. The highest BCUT2D eigenvalue weighted by Gasteiger charge is 2.33. The molecule has 2 saturated heterocycles. The molecule has 2 heterocycles. The summed E-state index contributed by atoms with van der Waals surface area (Å²) in [4.78, 5) is 16.3. The number of carbonyl (C=O) groups is 1. The first-order valence-corrected chi connectivity index (χ1v) is 7.70. The van der Waals surface area contributed by atoms with E-state index in [-0.39, 0.29) is 12.2 Å². The summed E-state index contributed by atoms with van der Waals surface area (Å²) in [7, 11) is 1.71. The Bertz CT molecular complexity index is 506. The van der Waals surface area contributed by atoms with Gasteiger partial charge in [-0.3, -0.25) is 4.90 Å². The molecule has 0 saturated carbocycles. The summed E-state index contributed by atoms with van der Waals surface area (Å²) >= 11 is 0. The number of hydrogen-bond donors (Lipinski definition) is 1. The highest BCUT2D eigenvalue weighted by molar-refractivity contribution is 5.76. The number of ether oxygens (including phenoxy) is 1. The molecule has 0 aromatic heterocycles.